The molecule has 2 aliphatic rings. The van der Waals surface area contributed by atoms with Crippen LogP contribution >= 0.6 is 11.3 Å². The van der Waals surface area contributed by atoms with Crippen molar-refractivity contribution in [2.45, 2.75) is 44.6 Å². The molecule has 0 unspecified atom stereocenters. The van der Waals surface area contributed by atoms with Crippen LogP contribution in [0.5, 0.6) is 0 Å². The summed E-state index contributed by atoms with van der Waals surface area (Å²) >= 11 is 1.54. The second kappa shape index (κ2) is 10.4. The molecule has 2 aromatic rings. The number of piperidine rings is 1. The Balaban J connectivity index is 1.41. The zero-order valence-corrected chi connectivity index (χ0v) is 18.9. The first kappa shape index (κ1) is 21.3. The molecule has 2 atom stereocenters. The minimum atomic E-state index is 0.169. The highest BCUT2D eigenvalue weighted by Gasteiger charge is 2.32. The van der Waals surface area contributed by atoms with Gasteiger partial charge >= 0.3 is 0 Å². The summed E-state index contributed by atoms with van der Waals surface area (Å²) in [6.45, 7) is 3.57. The fraction of sp³-hybridized carbons (Fsp3) is 0.500. The molecule has 0 N–H and O–H groups in total. The molecule has 1 aromatic heterocycles. The Bertz CT molecular complexity index is 809. The van der Waals surface area contributed by atoms with Crippen molar-refractivity contribution in [1.29, 1.82) is 0 Å². The zero-order chi connectivity index (χ0) is 20.8. The molecule has 4 heteroatoms. The average Bonchev–Trinajstić information content (AvgIpc) is 3.34. The van der Waals surface area contributed by atoms with Crippen LogP contribution in [0.2, 0.25) is 0 Å². The summed E-state index contributed by atoms with van der Waals surface area (Å²) in [5.41, 5.74) is 1.32. The minimum Gasteiger partial charge on any atom is -0.337 e. The van der Waals surface area contributed by atoms with E-state index in [-0.39, 0.29) is 11.9 Å². The summed E-state index contributed by atoms with van der Waals surface area (Å²) in [6, 6.07) is 14.8. The van der Waals surface area contributed by atoms with Crippen LogP contribution in [0.1, 0.15) is 47.3 Å². The van der Waals surface area contributed by atoms with Gasteiger partial charge in [0, 0.05) is 19.6 Å². The number of rotatable bonds is 7. The lowest BCUT2D eigenvalue weighted by Crippen LogP contribution is -2.48. The third kappa shape index (κ3) is 5.41. The molecular weight excluding hydrogens is 388 g/mol. The van der Waals surface area contributed by atoms with Gasteiger partial charge in [0.25, 0.3) is 5.91 Å². The maximum atomic E-state index is 13.1. The molecule has 4 rings (SSSR count). The molecule has 1 amide bonds. The van der Waals surface area contributed by atoms with Crippen molar-refractivity contribution in [1.82, 2.24) is 9.80 Å². The number of amides is 1. The molecule has 3 nitrogen and oxygen atoms in total. The van der Waals surface area contributed by atoms with Gasteiger partial charge < -0.3 is 9.80 Å². The van der Waals surface area contributed by atoms with Crippen LogP contribution in [-0.4, -0.2) is 48.4 Å². The molecule has 0 spiro atoms. The molecule has 160 valence electrons. The van der Waals surface area contributed by atoms with E-state index in [0.29, 0.717) is 5.92 Å². The minimum absolute atomic E-state index is 0.169. The van der Waals surface area contributed by atoms with Crippen molar-refractivity contribution >= 4 is 17.2 Å². The van der Waals surface area contributed by atoms with E-state index in [4.69, 9.17) is 0 Å². The highest BCUT2D eigenvalue weighted by molar-refractivity contribution is 7.12. The van der Waals surface area contributed by atoms with Gasteiger partial charge in [-0.25, -0.2) is 0 Å². The number of benzene rings is 1. The van der Waals surface area contributed by atoms with Gasteiger partial charge in [0.2, 0.25) is 0 Å². The van der Waals surface area contributed by atoms with Crippen LogP contribution in [0.3, 0.4) is 0 Å². The molecule has 1 aliphatic carbocycles. The zero-order valence-electron chi connectivity index (χ0n) is 18.1. The molecule has 0 radical (unpaired) electrons. The fourth-order valence-corrected chi connectivity index (χ4v) is 5.81. The van der Waals surface area contributed by atoms with Crippen LogP contribution in [0, 0.1) is 11.8 Å². The van der Waals surface area contributed by atoms with Crippen LogP contribution in [0.15, 0.2) is 60.0 Å². The lowest BCUT2D eigenvalue weighted by molar-refractivity contribution is 0.0580. The summed E-state index contributed by atoms with van der Waals surface area (Å²) < 4.78 is 0. The Hall–Kier alpha value is -1.91. The Labute approximate surface area is 185 Å². The summed E-state index contributed by atoms with van der Waals surface area (Å²) in [5.74, 6) is 1.55. The molecule has 30 heavy (non-hydrogen) atoms. The number of likely N-dealkylation sites (N-methyl/N-ethyl adjacent to an activating group) is 1. The van der Waals surface area contributed by atoms with E-state index in [2.05, 4.69) is 47.4 Å². The van der Waals surface area contributed by atoms with E-state index >= 15 is 0 Å². The summed E-state index contributed by atoms with van der Waals surface area (Å²) in [4.78, 5) is 18.7. The van der Waals surface area contributed by atoms with Crippen molar-refractivity contribution in [3.63, 3.8) is 0 Å². The van der Waals surface area contributed by atoms with Crippen LogP contribution in [-0.2, 0) is 6.42 Å². The summed E-state index contributed by atoms with van der Waals surface area (Å²) in [7, 11) is 2.01. The van der Waals surface area contributed by atoms with Crippen LogP contribution in [0.25, 0.3) is 0 Å². The Morgan fingerprint density at radius 2 is 1.90 bits per heavy atom. The first-order chi connectivity index (χ1) is 14.7. The van der Waals surface area contributed by atoms with Crippen molar-refractivity contribution in [2.75, 3.05) is 26.7 Å². The van der Waals surface area contributed by atoms with Gasteiger partial charge in [-0.1, -0.05) is 48.6 Å². The predicted octanol–water partition coefficient (Wildman–Crippen LogP) is 5.50. The van der Waals surface area contributed by atoms with Crippen LogP contribution in [0.4, 0.5) is 0 Å². The van der Waals surface area contributed by atoms with E-state index < -0.39 is 0 Å². The normalized spacial score (nSPS) is 21.4. The van der Waals surface area contributed by atoms with Crippen molar-refractivity contribution < 1.29 is 4.79 Å². The highest BCUT2D eigenvalue weighted by Crippen LogP contribution is 2.29. The van der Waals surface area contributed by atoms with E-state index in [9.17, 15) is 4.79 Å². The fourth-order valence-electron chi connectivity index (χ4n) is 5.11. The number of hydrogen-bond acceptors (Lipinski definition) is 3. The summed E-state index contributed by atoms with van der Waals surface area (Å²) in [5, 5.41) is 1.99. The lowest BCUT2D eigenvalue weighted by atomic mass is 9.84. The number of hydrogen-bond donors (Lipinski definition) is 0. The molecule has 1 aliphatic heterocycles. The number of nitrogens with zero attached hydrogens (tertiary/aromatic N) is 2. The SMILES string of the molecule is CN(C(=O)c1cccs1)[C@@H](Cc1ccccc1)C1CCN(C[C@@H]2CC=CCC2)CC1. The average molecular weight is 423 g/mol. The van der Waals surface area contributed by atoms with Gasteiger partial charge in [0.05, 0.1) is 4.88 Å². The smallest absolute Gasteiger partial charge is 0.263 e. The molecule has 1 saturated heterocycles. The van der Waals surface area contributed by atoms with E-state index in [1.807, 2.05) is 29.5 Å². The van der Waals surface area contributed by atoms with Gasteiger partial charge in [-0.15, -0.1) is 11.3 Å². The van der Waals surface area contributed by atoms with Crippen molar-refractivity contribution in [3.8, 4) is 0 Å². The van der Waals surface area contributed by atoms with Gasteiger partial charge in [-0.3, -0.25) is 4.79 Å². The van der Waals surface area contributed by atoms with E-state index in [0.717, 1.165) is 30.3 Å². The second-order valence-electron chi connectivity index (χ2n) is 8.94. The van der Waals surface area contributed by atoms with Gasteiger partial charge in [0.15, 0.2) is 0 Å². The molecule has 1 fully saturated rings. The predicted molar refractivity (Wildman–Crippen MR) is 126 cm³/mol. The van der Waals surface area contributed by atoms with Crippen LogP contribution < -0.4 is 0 Å². The maximum absolute atomic E-state index is 13.1. The first-order valence-electron chi connectivity index (χ1n) is 11.4. The molecule has 2 heterocycles. The molecule has 1 aromatic carbocycles. The van der Waals surface area contributed by atoms with E-state index in [1.165, 1.54) is 44.2 Å². The van der Waals surface area contributed by atoms with E-state index in [1.54, 1.807) is 11.3 Å². The first-order valence-corrected chi connectivity index (χ1v) is 12.3. The summed E-state index contributed by atoms with van der Waals surface area (Å²) in [6.07, 6.45) is 11.8. The van der Waals surface area contributed by atoms with Crippen molar-refractivity contribution in [2.24, 2.45) is 11.8 Å². The van der Waals surface area contributed by atoms with Crippen molar-refractivity contribution in [3.05, 3.63) is 70.4 Å². The largest absolute Gasteiger partial charge is 0.337 e. The monoisotopic (exact) mass is 422 g/mol. The standard InChI is InChI=1S/C26H34N2OS/c1-27(26(29)25-13-8-18-30-25)24(19-21-9-4-2-5-10-21)23-14-16-28(17-15-23)20-22-11-6-3-7-12-22/h2-6,8-10,13,18,22-24H,7,11-12,14-17,19-20H2,1H3/t22-,24+/m1/s1. The highest BCUT2D eigenvalue weighted by atomic mass is 32.1. The molecule has 0 saturated carbocycles. The second-order valence-corrected chi connectivity index (χ2v) is 9.89. The quantitative estimate of drug-likeness (QED) is 0.550. The van der Waals surface area contributed by atoms with Gasteiger partial charge in [-0.05, 0) is 80.5 Å². The number of allylic oxidation sites excluding steroid dienone is 2. The number of likely N-dealkylation sites (tertiary alicyclic amines) is 1. The third-order valence-electron chi connectivity index (χ3n) is 6.91. The Morgan fingerprint density at radius 1 is 1.10 bits per heavy atom. The number of carbonyl (C=O) groups is 1. The number of carbonyl (C=O) groups excluding carboxylic acids is 1. The van der Waals surface area contributed by atoms with Gasteiger partial charge in [-0.2, -0.15) is 0 Å². The third-order valence-corrected chi connectivity index (χ3v) is 7.77. The Morgan fingerprint density at radius 3 is 2.57 bits per heavy atom. The number of thiophene rings is 1. The molecule has 0 bridgehead atoms. The lowest BCUT2D eigenvalue weighted by Gasteiger charge is -2.41. The Kier molecular flexibility index (Phi) is 7.40. The maximum Gasteiger partial charge on any atom is 0.263 e. The topological polar surface area (TPSA) is 23.6 Å². The molecular formula is C26H34N2OS. The van der Waals surface area contributed by atoms with Gasteiger partial charge in [0.1, 0.15) is 0 Å².